The summed E-state index contributed by atoms with van der Waals surface area (Å²) in [6.07, 6.45) is 6.91. The molecule has 0 unspecified atom stereocenters. The quantitative estimate of drug-likeness (QED) is 0.277. The first-order valence-corrected chi connectivity index (χ1v) is 13.6. The van der Waals surface area contributed by atoms with Crippen LogP contribution in [0.3, 0.4) is 0 Å². The smallest absolute Gasteiger partial charge is 0.247 e. The Morgan fingerprint density at radius 3 is 2.46 bits per heavy atom. The van der Waals surface area contributed by atoms with E-state index in [-0.39, 0.29) is 36.4 Å². The van der Waals surface area contributed by atoms with Gasteiger partial charge in [0.2, 0.25) is 11.8 Å². The number of para-hydroxylation sites is 1. The van der Waals surface area contributed by atoms with Crippen LogP contribution in [0.25, 0.3) is 10.9 Å². The van der Waals surface area contributed by atoms with E-state index >= 15 is 4.39 Å². The van der Waals surface area contributed by atoms with Crippen LogP contribution in [-0.2, 0) is 22.6 Å². The Labute approximate surface area is 228 Å². The second kappa shape index (κ2) is 12.2. The highest BCUT2D eigenvalue weighted by Crippen LogP contribution is 2.29. The van der Waals surface area contributed by atoms with Gasteiger partial charge in [0, 0.05) is 35.2 Å². The number of aromatic amines is 1. The molecule has 1 heterocycles. The van der Waals surface area contributed by atoms with Gasteiger partial charge in [0.15, 0.2) is 0 Å². The number of nitrogens with zero attached hydrogens (tertiary/aromatic N) is 1. The Balaban J connectivity index is 1.52. The number of hydrogen-bond acceptors (Lipinski definition) is 3. The summed E-state index contributed by atoms with van der Waals surface area (Å²) in [6.45, 7) is 0.141. The van der Waals surface area contributed by atoms with E-state index in [4.69, 9.17) is 4.74 Å². The average molecular weight is 528 g/mol. The molecular weight excluding hydrogens is 493 g/mol. The van der Waals surface area contributed by atoms with Crippen molar-refractivity contribution in [1.82, 2.24) is 15.2 Å². The van der Waals surface area contributed by atoms with Crippen molar-refractivity contribution in [3.05, 3.63) is 102 Å². The molecule has 202 valence electrons. The number of carbonyl (C=O) groups is 2. The Hall–Kier alpha value is -4.13. The van der Waals surface area contributed by atoms with Gasteiger partial charge < -0.3 is 19.9 Å². The maximum Gasteiger partial charge on any atom is 0.247 e. The molecule has 39 heavy (non-hydrogen) atoms. The molecule has 0 radical (unpaired) electrons. The minimum atomic E-state index is -1.12. The Bertz CT molecular complexity index is 1430. The van der Waals surface area contributed by atoms with Crippen LogP contribution in [0.15, 0.2) is 79.0 Å². The summed E-state index contributed by atoms with van der Waals surface area (Å²) in [5.74, 6) is -0.438. The fourth-order valence-electron chi connectivity index (χ4n) is 5.47. The zero-order valence-electron chi connectivity index (χ0n) is 22.2. The van der Waals surface area contributed by atoms with Crippen LogP contribution in [0.4, 0.5) is 4.39 Å². The van der Waals surface area contributed by atoms with Gasteiger partial charge in [-0.25, -0.2) is 4.39 Å². The van der Waals surface area contributed by atoms with Crippen LogP contribution in [0.2, 0.25) is 0 Å². The average Bonchev–Trinajstić information content (AvgIpc) is 3.37. The van der Waals surface area contributed by atoms with Crippen molar-refractivity contribution >= 4 is 22.7 Å². The largest absolute Gasteiger partial charge is 0.497 e. The van der Waals surface area contributed by atoms with Gasteiger partial charge in [0.1, 0.15) is 17.6 Å². The Morgan fingerprint density at radius 1 is 1.00 bits per heavy atom. The first kappa shape index (κ1) is 26.5. The third-order valence-electron chi connectivity index (χ3n) is 7.56. The van der Waals surface area contributed by atoms with Crippen LogP contribution in [0.5, 0.6) is 5.75 Å². The Kier molecular flexibility index (Phi) is 8.25. The fraction of sp³-hybridized carbons (Fsp3) is 0.312. The summed E-state index contributed by atoms with van der Waals surface area (Å²) in [5.41, 5.74) is 2.76. The van der Waals surface area contributed by atoms with Gasteiger partial charge in [-0.1, -0.05) is 67.8 Å². The zero-order valence-corrected chi connectivity index (χ0v) is 22.2. The van der Waals surface area contributed by atoms with E-state index in [1.54, 1.807) is 25.3 Å². The molecule has 0 saturated heterocycles. The number of carbonyl (C=O) groups excluding carboxylic acids is 2. The van der Waals surface area contributed by atoms with E-state index < -0.39 is 11.9 Å². The van der Waals surface area contributed by atoms with E-state index in [9.17, 15) is 9.59 Å². The van der Waals surface area contributed by atoms with Crippen LogP contribution in [0.1, 0.15) is 54.8 Å². The van der Waals surface area contributed by atoms with Crippen molar-refractivity contribution in [1.29, 1.82) is 0 Å². The molecule has 7 heteroatoms. The van der Waals surface area contributed by atoms with Gasteiger partial charge in [-0.3, -0.25) is 9.59 Å². The molecule has 4 aromatic rings. The van der Waals surface area contributed by atoms with Crippen LogP contribution < -0.4 is 10.1 Å². The van der Waals surface area contributed by atoms with Crippen molar-refractivity contribution in [3.63, 3.8) is 0 Å². The summed E-state index contributed by atoms with van der Waals surface area (Å²) in [7, 11) is 1.59. The molecule has 5 rings (SSSR count). The minimum absolute atomic E-state index is 0.0204. The first-order valence-electron chi connectivity index (χ1n) is 13.6. The zero-order chi connectivity index (χ0) is 27.2. The Morgan fingerprint density at radius 2 is 1.72 bits per heavy atom. The van der Waals surface area contributed by atoms with Crippen molar-refractivity contribution in [3.8, 4) is 5.75 Å². The van der Waals surface area contributed by atoms with E-state index in [1.807, 2.05) is 54.7 Å². The second-order valence-corrected chi connectivity index (χ2v) is 10.2. The molecule has 2 amide bonds. The van der Waals surface area contributed by atoms with Gasteiger partial charge in [-0.05, 0) is 48.2 Å². The third kappa shape index (κ3) is 6.14. The molecule has 0 bridgehead atoms. The lowest BCUT2D eigenvalue weighted by molar-refractivity contribution is -0.141. The van der Waals surface area contributed by atoms with Crippen LogP contribution in [-0.4, -0.2) is 34.8 Å². The summed E-state index contributed by atoms with van der Waals surface area (Å²) in [5, 5.41) is 4.10. The van der Waals surface area contributed by atoms with Gasteiger partial charge in [-0.2, -0.15) is 0 Å². The molecule has 1 saturated carbocycles. The first-order chi connectivity index (χ1) is 19.0. The number of methoxy groups -OCH3 is 1. The number of amides is 2. The highest BCUT2D eigenvalue weighted by molar-refractivity contribution is 5.92. The number of nitrogens with one attached hydrogen (secondary N) is 2. The van der Waals surface area contributed by atoms with Crippen LogP contribution in [0, 0.1) is 5.82 Å². The third-order valence-corrected chi connectivity index (χ3v) is 7.56. The maximum absolute atomic E-state index is 15.3. The number of halogens is 1. The van der Waals surface area contributed by atoms with Crippen LogP contribution >= 0.6 is 0 Å². The lowest BCUT2D eigenvalue weighted by Gasteiger charge is -2.34. The molecule has 1 aromatic heterocycles. The monoisotopic (exact) mass is 527 g/mol. The second-order valence-electron chi connectivity index (χ2n) is 10.2. The summed E-state index contributed by atoms with van der Waals surface area (Å²) in [6, 6.07) is 20.3. The van der Waals surface area contributed by atoms with Gasteiger partial charge in [0.25, 0.3) is 0 Å². The number of fused-ring (bicyclic) bond motifs is 1. The highest BCUT2D eigenvalue weighted by atomic mass is 19.1. The SMILES string of the molecule is COc1ccc(CN(C(=O)Cc2c[nH]c3ccccc23)[C@H](C(=O)NC2CCCCC2)c2ccccc2F)cc1. The van der Waals surface area contributed by atoms with Gasteiger partial charge in [-0.15, -0.1) is 0 Å². The van der Waals surface area contributed by atoms with Gasteiger partial charge in [0.05, 0.1) is 13.5 Å². The van der Waals surface area contributed by atoms with E-state index in [2.05, 4.69) is 10.3 Å². The summed E-state index contributed by atoms with van der Waals surface area (Å²) < 4.78 is 20.6. The summed E-state index contributed by atoms with van der Waals surface area (Å²) >= 11 is 0. The molecule has 1 aliphatic carbocycles. The number of aromatic nitrogens is 1. The highest BCUT2D eigenvalue weighted by Gasteiger charge is 2.35. The molecule has 1 atom stereocenters. The number of benzene rings is 3. The lowest BCUT2D eigenvalue weighted by atomic mass is 9.94. The molecule has 0 spiro atoms. The fourth-order valence-corrected chi connectivity index (χ4v) is 5.47. The molecule has 1 fully saturated rings. The van der Waals surface area contributed by atoms with Crippen molar-refractivity contribution in [2.45, 2.75) is 57.2 Å². The van der Waals surface area contributed by atoms with E-state index in [1.165, 1.54) is 11.0 Å². The number of ether oxygens (including phenoxy) is 1. The summed E-state index contributed by atoms with van der Waals surface area (Å²) in [4.78, 5) is 32.7. The van der Waals surface area contributed by atoms with E-state index in [0.717, 1.165) is 54.1 Å². The molecule has 6 nitrogen and oxygen atoms in total. The predicted molar refractivity (Wildman–Crippen MR) is 150 cm³/mol. The molecule has 0 aliphatic heterocycles. The molecule has 3 aromatic carbocycles. The van der Waals surface area contributed by atoms with Crippen molar-refractivity contribution in [2.75, 3.05) is 7.11 Å². The number of rotatable bonds is 9. The standard InChI is InChI=1S/C32H34FN3O3/c1-39-25-17-15-22(16-18-25)21-36(30(37)19-23-20-34-29-14-8-6-11-26(23)29)31(27-12-5-7-13-28(27)33)32(38)35-24-9-3-2-4-10-24/h5-8,11-18,20,24,31,34H,2-4,9-10,19,21H2,1H3,(H,35,38)/t31-/m0/s1. The van der Waals surface area contributed by atoms with Crippen molar-refractivity contribution < 1.29 is 18.7 Å². The molecular formula is C32H34FN3O3. The minimum Gasteiger partial charge on any atom is -0.497 e. The van der Waals surface area contributed by atoms with Crippen molar-refractivity contribution in [2.24, 2.45) is 0 Å². The lowest BCUT2D eigenvalue weighted by Crippen LogP contribution is -2.47. The normalized spacial score (nSPS) is 14.6. The number of H-pyrrole nitrogens is 1. The maximum atomic E-state index is 15.3. The predicted octanol–water partition coefficient (Wildman–Crippen LogP) is 6.08. The topological polar surface area (TPSA) is 74.4 Å². The van der Waals surface area contributed by atoms with Gasteiger partial charge >= 0.3 is 0 Å². The number of hydrogen-bond donors (Lipinski definition) is 2. The molecule has 2 N–H and O–H groups in total. The molecule has 1 aliphatic rings. The van der Waals surface area contributed by atoms with E-state index in [0.29, 0.717) is 5.75 Å².